The van der Waals surface area contributed by atoms with Crippen molar-refractivity contribution in [2.75, 3.05) is 24.5 Å². The number of nitrogens with one attached hydrogen (secondary N) is 1. The molecule has 5 rings (SSSR count). The number of piperidine rings is 1. The largest absolute Gasteiger partial charge is 0.352 e. The Morgan fingerprint density at radius 2 is 2.14 bits per heavy atom. The number of aromatic nitrogens is 4. The van der Waals surface area contributed by atoms with E-state index in [0.29, 0.717) is 6.04 Å². The first kappa shape index (κ1) is 12.3. The Morgan fingerprint density at radius 3 is 3.09 bits per heavy atom. The van der Waals surface area contributed by atoms with Crippen molar-refractivity contribution in [1.29, 1.82) is 0 Å². The van der Waals surface area contributed by atoms with Gasteiger partial charge in [-0.15, -0.1) is 10.2 Å². The Labute approximate surface area is 128 Å². The van der Waals surface area contributed by atoms with Gasteiger partial charge in [0.05, 0.1) is 11.0 Å². The second kappa shape index (κ2) is 4.64. The zero-order valence-electron chi connectivity index (χ0n) is 12.3. The Kier molecular flexibility index (Phi) is 2.61. The minimum atomic E-state index is 0.588. The number of hydrogen-bond donors (Lipinski definition) is 1. The standard InChI is InChI=1S/C16H18N6/c1-2-6-14-12(5-1)19-15(16-20-18-10-22(14)16)21-8-11-4-3-7-17-13(11)9-21/h1-2,5-6,10-11,13,17H,3-4,7-9H2. The summed E-state index contributed by atoms with van der Waals surface area (Å²) in [5, 5.41) is 12.1. The van der Waals surface area contributed by atoms with E-state index in [4.69, 9.17) is 4.98 Å². The van der Waals surface area contributed by atoms with Crippen LogP contribution in [0, 0.1) is 5.92 Å². The highest BCUT2D eigenvalue weighted by molar-refractivity contribution is 5.82. The van der Waals surface area contributed by atoms with Gasteiger partial charge >= 0.3 is 0 Å². The third-order valence-electron chi connectivity index (χ3n) is 5.01. The molecular weight excluding hydrogens is 276 g/mol. The van der Waals surface area contributed by atoms with Crippen LogP contribution >= 0.6 is 0 Å². The maximum atomic E-state index is 4.89. The molecule has 3 aromatic rings. The molecule has 1 N–H and O–H groups in total. The molecule has 0 spiro atoms. The van der Waals surface area contributed by atoms with Crippen molar-refractivity contribution >= 4 is 22.5 Å². The van der Waals surface area contributed by atoms with E-state index in [-0.39, 0.29) is 0 Å². The van der Waals surface area contributed by atoms with Crippen LogP contribution in [-0.4, -0.2) is 45.3 Å². The SMILES string of the molecule is c1ccc2c(c1)nc(N1CC3CCCNC3C1)c1nncn12. The molecular formula is C16H18N6. The molecule has 0 amide bonds. The third-order valence-corrected chi connectivity index (χ3v) is 5.01. The summed E-state index contributed by atoms with van der Waals surface area (Å²) >= 11 is 0. The molecule has 1 aromatic carbocycles. The molecule has 2 aromatic heterocycles. The van der Waals surface area contributed by atoms with Crippen molar-refractivity contribution in [2.45, 2.75) is 18.9 Å². The molecule has 2 unspecified atom stereocenters. The quantitative estimate of drug-likeness (QED) is 0.736. The Hall–Kier alpha value is -2.21. The van der Waals surface area contributed by atoms with E-state index in [1.54, 1.807) is 6.33 Å². The average molecular weight is 294 g/mol. The van der Waals surface area contributed by atoms with Gasteiger partial charge in [-0.1, -0.05) is 12.1 Å². The van der Waals surface area contributed by atoms with Gasteiger partial charge in [0.1, 0.15) is 6.33 Å². The molecule has 0 radical (unpaired) electrons. The number of fused-ring (bicyclic) bond motifs is 4. The summed E-state index contributed by atoms with van der Waals surface area (Å²) in [4.78, 5) is 7.27. The highest BCUT2D eigenvalue weighted by Crippen LogP contribution is 2.31. The van der Waals surface area contributed by atoms with Crippen LogP contribution in [0.4, 0.5) is 5.82 Å². The van der Waals surface area contributed by atoms with E-state index < -0.39 is 0 Å². The minimum Gasteiger partial charge on any atom is -0.352 e. The van der Waals surface area contributed by atoms with Crippen molar-refractivity contribution in [3.8, 4) is 0 Å². The van der Waals surface area contributed by atoms with Crippen LogP contribution in [0.15, 0.2) is 30.6 Å². The van der Waals surface area contributed by atoms with Gasteiger partial charge in [-0.25, -0.2) is 4.98 Å². The molecule has 0 bridgehead atoms. The van der Waals surface area contributed by atoms with E-state index >= 15 is 0 Å². The summed E-state index contributed by atoms with van der Waals surface area (Å²) in [5.41, 5.74) is 2.91. The van der Waals surface area contributed by atoms with Gasteiger partial charge in [0.25, 0.3) is 0 Å². The molecule has 0 aliphatic carbocycles. The van der Waals surface area contributed by atoms with Crippen LogP contribution in [0.1, 0.15) is 12.8 Å². The van der Waals surface area contributed by atoms with Crippen molar-refractivity contribution < 1.29 is 0 Å². The molecule has 6 heteroatoms. The van der Waals surface area contributed by atoms with Gasteiger partial charge in [0, 0.05) is 19.1 Å². The van der Waals surface area contributed by atoms with E-state index in [9.17, 15) is 0 Å². The van der Waals surface area contributed by atoms with Crippen LogP contribution in [0.25, 0.3) is 16.7 Å². The first-order valence-electron chi connectivity index (χ1n) is 7.97. The van der Waals surface area contributed by atoms with Gasteiger partial charge in [0.15, 0.2) is 5.82 Å². The Bertz CT molecular complexity index is 827. The summed E-state index contributed by atoms with van der Waals surface area (Å²) in [6.07, 6.45) is 4.37. The van der Waals surface area contributed by atoms with Crippen molar-refractivity contribution in [2.24, 2.45) is 5.92 Å². The molecule has 0 saturated carbocycles. The van der Waals surface area contributed by atoms with Gasteiger partial charge in [-0.2, -0.15) is 0 Å². The smallest absolute Gasteiger partial charge is 0.204 e. The fraction of sp³-hybridized carbons (Fsp3) is 0.438. The Morgan fingerprint density at radius 1 is 1.18 bits per heavy atom. The fourth-order valence-electron chi connectivity index (χ4n) is 3.92. The number of benzene rings is 1. The normalized spacial score (nSPS) is 25.0. The molecule has 2 aliphatic heterocycles. The molecule has 6 nitrogen and oxygen atoms in total. The van der Waals surface area contributed by atoms with E-state index in [0.717, 1.165) is 48.1 Å². The second-order valence-corrected chi connectivity index (χ2v) is 6.32. The van der Waals surface area contributed by atoms with Gasteiger partial charge < -0.3 is 10.2 Å². The first-order chi connectivity index (χ1) is 10.9. The molecule has 112 valence electrons. The fourth-order valence-corrected chi connectivity index (χ4v) is 3.92. The number of nitrogens with zero attached hydrogens (tertiary/aromatic N) is 5. The topological polar surface area (TPSA) is 58.4 Å². The zero-order chi connectivity index (χ0) is 14.5. The number of para-hydroxylation sites is 2. The maximum Gasteiger partial charge on any atom is 0.204 e. The lowest BCUT2D eigenvalue weighted by Crippen LogP contribution is -2.40. The summed E-state index contributed by atoms with van der Waals surface area (Å²) in [5.74, 6) is 1.69. The third kappa shape index (κ3) is 1.73. The van der Waals surface area contributed by atoms with Crippen LogP contribution < -0.4 is 10.2 Å². The predicted octanol–water partition coefficient (Wildman–Crippen LogP) is 1.47. The Balaban J connectivity index is 1.65. The molecule has 2 saturated heterocycles. The van der Waals surface area contributed by atoms with Gasteiger partial charge in [-0.05, 0) is 37.4 Å². The lowest BCUT2D eigenvalue weighted by atomic mass is 9.94. The lowest BCUT2D eigenvalue weighted by molar-refractivity contribution is 0.340. The molecule has 2 atom stereocenters. The molecule has 22 heavy (non-hydrogen) atoms. The monoisotopic (exact) mass is 294 g/mol. The zero-order valence-corrected chi connectivity index (χ0v) is 12.3. The minimum absolute atomic E-state index is 0.588. The number of anilines is 1. The van der Waals surface area contributed by atoms with E-state index in [1.807, 2.05) is 16.5 Å². The highest BCUT2D eigenvalue weighted by atomic mass is 15.3. The molecule has 4 heterocycles. The van der Waals surface area contributed by atoms with Crippen LogP contribution in [0.2, 0.25) is 0 Å². The van der Waals surface area contributed by atoms with Crippen LogP contribution in [0.5, 0.6) is 0 Å². The maximum absolute atomic E-state index is 4.89. The van der Waals surface area contributed by atoms with Crippen molar-refractivity contribution in [3.05, 3.63) is 30.6 Å². The summed E-state index contributed by atoms with van der Waals surface area (Å²) in [6, 6.07) is 8.76. The predicted molar refractivity (Wildman–Crippen MR) is 85.0 cm³/mol. The van der Waals surface area contributed by atoms with Gasteiger partial charge in [-0.3, -0.25) is 4.40 Å². The first-order valence-corrected chi connectivity index (χ1v) is 7.97. The summed E-state index contributed by atoms with van der Waals surface area (Å²) < 4.78 is 2.05. The van der Waals surface area contributed by atoms with Gasteiger partial charge in [0.2, 0.25) is 5.65 Å². The average Bonchev–Trinajstić information content (AvgIpc) is 3.21. The van der Waals surface area contributed by atoms with E-state index in [1.165, 1.54) is 12.8 Å². The van der Waals surface area contributed by atoms with Crippen LogP contribution in [-0.2, 0) is 0 Å². The second-order valence-electron chi connectivity index (χ2n) is 6.32. The van der Waals surface area contributed by atoms with Crippen LogP contribution in [0.3, 0.4) is 0 Å². The summed E-state index contributed by atoms with van der Waals surface area (Å²) in [6.45, 7) is 3.21. The number of rotatable bonds is 1. The van der Waals surface area contributed by atoms with Crippen molar-refractivity contribution in [3.63, 3.8) is 0 Å². The van der Waals surface area contributed by atoms with Crippen molar-refractivity contribution in [1.82, 2.24) is 24.9 Å². The molecule has 2 fully saturated rings. The number of hydrogen-bond acceptors (Lipinski definition) is 5. The molecule has 2 aliphatic rings. The lowest BCUT2D eigenvalue weighted by Gasteiger charge is -2.24. The highest BCUT2D eigenvalue weighted by Gasteiger charge is 2.35. The summed E-state index contributed by atoms with van der Waals surface area (Å²) in [7, 11) is 0. The van der Waals surface area contributed by atoms with E-state index in [2.05, 4.69) is 32.5 Å².